The summed E-state index contributed by atoms with van der Waals surface area (Å²) in [5.74, 6) is -0.860. The lowest BCUT2D eigenvalue weighted by atomic mass is 10.2. The molecule has 1 aromatic carbocycles. The number of thiazole rings is 1. The van der Waals surface area contributed by atoms with E-state index in [1.807, 2.05) is 0 Å². The van der Waals surface area contributed by atoms with Crippen molar-refractivity contribution < 1.29 is 27.5 Å². The third-order valence-electron chi connectivity index (χ3n) is 3.15. The number of nitrogens with two attached hydrogens (primary N) is 1. The van der Waals surface area contributed by atoms with Crippen molar-refractivity contribution in [3.63, 3.8) is 0 Å². The number of hydrogen-bond donors (Lipinski definition) is 2. The van der Waals surface area contributed by atoms with Crippen molar-refractivity contribution in [2.75, 3.05) is 19.0 Å². The molecular formula is C15H17N3O6S2. The van der Waals surface area contributed by atoms with E-state index in [0.717, 1.165) is 17.4 Å². The van der Waals surface area contributed by atoms with Crippen LogP contribution in [0.15, 0.2) is 28.5 Å². The molecule has 0 radical (unpaired) electrons. The van der Waals surface area contributed by atoms with Gasteiger partial charge in [0, 0.05) is 5.38 Å². The third kappa shape index (κ3) is 5.00. The Morgan fingerprint density at radius 3 is 2.69 bits per heavy atom. The molecule has 0 aliphatic rings. The Labute approximate surface area is 154 Å². The number of benzene rings is 1. The highest BCUT2D eigenvalue weighted by molar-refractivity contribution is 7.89. The zero-order chi connectivity index (χ0) is 19.3. The quantitative estimate of drug-likeness (QED) is 0.666. The van der Waals surface area contributed by atoms with Crippen molar-refractivity contribution in [2.45, 2.75) is 18.2 Å². The Balaban J connectivity index is 2.20. The van der Waals surface area contributed by atoms with Gasteiger partial charge in [-0.25, -0.2) is 18.5 Å². The smallest absolute Gasteiger partial charge is 0.311 e. The molecule has 0 aliphatic heterocycles. The summed E-state index contributed by atoms with van der Waals surface area (Å²) < 4.78 is 32.9. The Morgan fingerprint density at radius 1 is 1.35 bits per heavy atom. The molecule has 140 valence electrons. The van der Waals surface area contributed by atoms with E-state index in [2.05, 4.69) is 10.3 Å². The Kier molecular flexibility index (Phi) is 6.29. The molecule has 0 bridgehead atoms. The van der Waals surface area contributed by atoms with Crippen LogP contribution in [0.3, 0.4) is 0 Å². The molecule has 2 aromatic rings. The summed E-state index contributed by atoms with van der Waals surface area (Å²) in [6.45, 7) is 1.97. The van der Waals surface area contributed by atoms with E-state index in [4.69, 9.17) is 14.6 Å². The number of esters is 1. The van der Waals surface area contributed by atoms with Crippen LogP contribution in [0.5, 0.6) is 5.75 Å². The standard InChI is InChI=1S/C15H17N3O6S2/c1-3-24-13(19)6-9-8-25-15(17-9)18-14(20)11-7-10(26(16,21)22)4-5-12(11)23-2/h4-5,7-8H,3,6H2,1-2H3,(H2,16,21,22)(H,17,18,20). The molecule has 11 heteroatoms. The lowest BCUT2D eigenvalue weighted by Gasteiger charge is -2.09. The van der Waals surface area contributed by atoms with Gasteiger partial charge in [-0.15, -0.1) is 11.3 Å². The van der Waals surface area contributed by atoms with Crippen LogP contribution in [0, 0.1) is 0 Å². The number of sulfonamides is 1. The van der Waals surface area contributed by atoms with Crippen molar-refractivity contribution in [1.82, 2.24) is 4.98 Å². The molecule has 1 aromatic heterocycles. The summed E-state index contributed by atoms with van der Waals surface area (Å²) in [7, 11) is -2.62. The molecule has 0 atom stereocenters. The second kappa shape index (κ2) is 8.25. The van der Waals surface area contributed by atoms with Crippen LogP contribution >= 0.6 is 11.3 Å². The van der Waals surface area contributed by atoms with Gasteiger partial charge in [-0.05, 0) is 25.1 Å². The summed E-state index contributed by atoms with van der Waals surface area (Å²) in [6, 6.07) is 3.70. The Morgan fingerprint density at radius 2 is 2.08 bits per heavy atom. The topological polar surface area (TPSA) is 138 Å². The van der Waals surface area contributed by atoms with Crippen molar-refractivity contribution in [1.29, 1.82) is 0 Å². The van der Waals surface area contributed by atoms with Crippen LogP contribution in [-0.4, -0.2) is 39.0 Å². The predicted molar refractivity (Wildman–Crippen MR) is 94.8 cm³/mol. The first-order valence-corrected chi connectivity index (χ1v) is 9.79. The molecule has 1 amide bonds. The number of hydrogen-bond acceptors (Lipinski definition) is 8. The molecule has 0 saturated heterocycles. The monoisotopic (exact) mass is 399 g/mol. The van der Waals surface area contributed by atoms with Crippen LogP contribution in [0.2, 0.25) is 0 Å². The average Bonchev–Trinajstić information content (AvgIpc) is 3.00. The van der Waals surface area contributed by atoms with Crippen molar-refractivity contribution in [2.24, 2.45) is 5.14 Å². The summed E-state index contributed by atoms with van der Waals surface area (Å²) in [5.41, 5.74) is 0.440. The van der Waals surface area contributed by atoms with Crippen LogP contribution in [0.25, 0.3) is 0 Å². The molecule has 0 spiro atoms. The van der Waals surface area contributed by atoms with Gasteiger partial charge < -0.3 is 9.47 Å². The van der Waals surface area contributed by atoms with E-state index in [-0.39, 0.29) is 34.4 Å². The van der Waals surface area contributed by atoms with Crippen LogP contribution in [0.4, 0.5) is 5.13 Å². The largest absolute Gasteiger partial charge is 0.496 e. The second-order valence-corrected chi connectivity index (χ2v) is 7.41. The lowest BCUT2D eigenvalue weighted by Crippen LogP contribution is -2.17. The van der Waals surface area contributed by atoms with Crippen LogP contribution in [-0.2, 0) is 26.0 Å². The molecule has 9 nitrogen and oxygen atoms in total. The van der Waals surface area contributed by atoms with Gasteiger partial charge in [0.2, 0.25) is 10.0 Å². The number of nitrogens with one attached hydrogen (secondary N) is 1. The number of aromatic nitrogens is 1. The summed E-state index contributed by atoms with van der Waals surface area (Å²) in [6.07, 6.45) is -0.00949. The molecule has 0 saturated carbocycles. The maximum atomic E-state index is 12.5. The van der Waals surface area contributed by atoms with Crippen molar-refractivity contribution >= 4 is 38.4 Å². The first-order valence-electron chi connectivity index (χ1n) is 7.36. The number of anilines is 1. The summed E-state index contributed by atoms with van der Waals surface area (Å²) in [4.78, 5) is 27.8. The van der Waals surface area contributed by atoms with E-state index in [1.54, 1.807) is 12.3 Å². The molecule has 0 aliphatic carbocycles. The van der Waals surface area contributed by atoms with Gasteiger partial charge in [-0.3, -0.25) is 14.9 Å². The molecule has 3 N–H and O–H groups in total. The number of ether oxygens (including phenoxy) is 2. The van der Waals surface area contributed by atoms with Crippen molar-refractivity contribution in [3.8, 4) is 5.75 Å². The minimum Gasteiger partial charge on any atom is -0.496 e. The van der Waals surface area contributed by atoms with Gasteiger partial charge in [0.1, 0.15) is 5.75 Å². The number of carbonyl (C=O) groups excluding carboxylic acids is 2. The predicted octanol–water partition coefficient (Wildman–Crippen LogP) is 1.16. The first-order chi connectivity index (χ1) is 12.2. The van der Waals surface area contributed by atoms with Gasteiger partial charge >= 0.3 is 5.97 Å². The van der Waals surface area contributed by atoms with Gasteiger partial charge in [0.25, 0.3) is 5.91 Å². The summed E-state index contributed by atoms with van der Waals surface area (Å²) >= 11 is 1.12. The maximum absolute atomic E-state index is 12.5. The highest BCUT2D eigenvalue weighted by atomic mass is 32.2. The highest BCUT2D eigenvalue weighted by Gasteiger charge is 2.19. The highest BCUT2D eigenvalue weighted by Crippen LogP contribution is 2.24. The van der Waals surface area contributed by atoms with Crippen LogP contribution in [0.1, 0.15) is 23.0 Å². The normalized spacial score (nSPS) is 11.0. The van der Waals surface area contributed by atoms with E-state index in [1.165, 1.54) is 19.2 Å². The number of carbonyl (C=O) groups is 2. The molecule has 0 fully saturated rings. The van der Waals surface area contributed by atoms with Crippen molar-refractivity contribution in [3.05, 3.63) is 34.8 Å². The summed E-state index contributed by atoms with van der Waals surface area (Å²) in [5, 5.41) is 9.49. The van der Waals surface area contributed by atoms with Gasteiger partial charge in [0.05, 0.1) is 36.3 Å². The average molecular weight is 399 g/mol. The SMILES string of the molecule is CCOC(=O)Cc1csc(NC(=O)c2cc(S(N)(=O)=O)ccc2OC)n1. The first kappa shape index (κ1) is 19.8. The maximum Gasteiger partial charge on any atom is 0.311 e. The lowest BCUT2D eigenvalue weighted by molar-refractivity contribution is -0.142. The van der Waals surface area contributed by atoms with Gasteiger partial charge in [-0.2, -0.15) is 0 Å². The van der Waals surface area contributed by atoms with Crippen LogP contribution < -0.4 is 15.2 Å². The number of amides is 1. The fourth-order valence-corrected chi connectivity index (χ4v) is 3.26. The molecule has 2 rings (SSSR count). The fraction of sp³-hybridized carbons (Fsp3) is 0.267. The molecule has 26 heavy (non-hydrogen) atoms. The van der Waals surface area contributed by atoms with Gasteiger partial charge in [0.15, 0.2) is 5.13 Å². The van der Waals surface area contributed by atoms with E-state index < -0.39 is 21.9 Å². The number of nitrogens with zero attached hydrogens (tertiary/aromatic N) is 1. The minimum absolute atomic E-state index is 0.00949. The Bertz CT molecular complexity index is 923. The number of methoxy groups -OCH3 is 1. The van der Waals surface area contributed by atoms with E-state index >= 15 is 0 Å². The molecular weight excluding hydrogens is 382 g/mol. The second-order valence-electron chi connectivity index (χ2n) is 4.99. The number of primary sulfonamides is 1. The van der Waals surface area contributed by atoms with E-state index in [9.17, 15) is 18.0 Å². The molecule has 1 heterocycles. The third-order valence-corrected chi connectivity index (χ3v) is 4.86. The zero-order valence-electron chi connectivity index (χ0n) is 14.0. The fourth-order valence-electron chi connectivity index (χ4n) is 2.01. The minimum atomic E-state index is -3.97. The molecule has 0 unspecified atom stereocenters. The zero-order valence-corrected chi connectivity index (χ0v) is 15.6. The van der Waals surface area contributed by atoms with Gasteiger partial charge in [-0.1, -0.05) is 0 Å². The Hall–Kier alpha value is -2.50. The van der Waals surface area contributed by atoms with E-state index in [0.29, 0.717) is 5.69 Å². The number of rotatable bonds is 7.